The van der Waals surface area contributed by atoms with Crippen molar-refractivity contribution < 1.29 is 23.6 Å². The summed E-state index contributed by atoms with van der Waals surface area (Å²) in [6.07, 6.45) is 0. The molecule has 0 atom stereocenters. The zero-order valence-electron chi connectivity index (χ0n) is 18.6. The molecule has 1 heterocycles. The molecule has 3 aromatic carbocycles. The normalized spacial score (nSPS) is 13.5. The number of ether oxygens (including phenoxy) is 2. The number of carbonyl (C=O) groups excluding carboxylic acids is 1. The third-order valence-corrected chi connectivity index (χ3v) is 5.75. The first-order valence-corrected chi connectivity index (χ1v) is 10.8. The number of rotatable bonds is 7. The lowest BCUT2D eigenvalue weighted by molar-refractivity contribution is -0.384. The van der Waals surface area contributed by atoms with Crippen LogP contribution in [0, 0.1) is 15.9 Å². The number of nitrogens with zero attached hydrogens (tertiary/aromatic N) is 3. The van der Waals surface area contributed by atoms with Crippen LogP contribution in [0.2, 0.25) is 0 Å². The summed E-state index contributed by atoms with van der Waals surface area (Å²) in [6, 6.07) is 17.7. The minimum Gasteiger partial charge on any atom is -0.497 e. The predicted octanol–water partition coefficient (Wildman–Crippen LogP) is 4.14. The highest BCUT2D eigenvalue weighted by Crippen LogP contribution is 2.34. The van der Waals surface area contributed by atoms with Crippen LogP contribution in [0.15, 0.2) is 66.7 Å². The van der Waals surface area contributed by atoms with E-state index in [2.05, 4.69) is 4.90 Å². The van der Waals surface area contributed by atoms with E-state index in [9.17, 15) is 19.3 Å². The summed E-state index contributed by atoms with van der Waals surface area (Å²) in [5, 5.41) is 11.3. The van der Waals surface area contributed by atoms with Crippen molar-refractivity contribution in [2.24, 2.45) is 0 Å². The maximum absolute atomic E-state index is 13.2. The molecule has 1 saturated heterocycles. The van der Waals surface area contributed by atoms with Crippen LogP contribution in [0.25, 0.3) is 11.1 Å². The smallest absolute Gasteiger partial charge is 0.270 e. The molecule has 0 radical (unpaired) electrons. The van der Waals surface area contributed by atoms with Gasteiger partial charge in [-0.3, -0.25) is 14.9 Å². The molecule has 1 amide bonds. The fourth-order valence-electron chi connectivity index (χ4n) is 3.85. The van der Waals surface area contributed by atoms with Crippen molar-refractivity contribution in [3.8, 4) is 22.6 Å². The van der Waals surface area contributed by atoms with Gasteiger partial charge in [0.25, 0.3) is 11.6 Å². The number of nitro groups is 1. The Morgan fingerprint density at radius 1 is 1.00 bits per heavy atom. The molecule has 1 fully saturated rings. The largest absolute Gasteiger partial charge is 0.497 e. The van der Waals surface area contributed by atoms with E-state index in [4.69, 9.17) is 9.47 Å². The van der Waals surface area contributed by atoms with Gasteiger partial charge in [-0.05, 0) is 48.0 Å². The van der Waals surface area contributed by atoms with E-state index in [0.717, 1.165) is 5.69 Å². The number of halogens is 1. The second kappa shape index (κ2) is 10.2. The Balaban J connectivity index is 1.42. The average molecular weight is 465 g/mol. The van der Waals surface area contributed by atoms with Gasteiger partial charge in [-0.25, -0.2) is 4.39 Å². The molecule has 0 bridgehead atoms. The van der Waals surface area contributed by atoms with Crippen LogP contribution < -0.4 is 14.4 Å². The van der Waals surface area contributed by atoms with Gasteiger partial charge < -0.3 is 19.3 Å². The lowest BCUT2D eigenvalue weighted by Crippen LogP contribution is -2.50. The van der Waals surface area contributed by atoms with E-state index in [1.54, 1.807) is 48.4 Å². The highest BCUT2D eigenvalue weighted by atomic mass is 19.1. The van der Waals surface area contributed by atoms with E-state index < -0.39 is 4.92 Å². The van der Waals surface area contributed by atoms with Crippen molar-refractivity contribution >= 4 is 17.3 Å². The number of hydrogen-bond donors (Lipinski definition) is 0. The molecular formula is C25H24FN3O5. The van der Waals surface area contributed by atoms with Crippen LogP contribution in [0.1, 0.15) is 0 Å². The summed E-state index contributed by atoms with van der Waals surface area (Å²) in [4.78, 5) is 27.4. The molecular weight excluding hydrogens is 441 g/mol. The van der Waals surface area contributed by atoms with Gasteiger partial charge in [0, 0.05) is 49.6 Å². The van der Waals surface area contributed by atoms with Crippen molar-refractivity contribution in [2.75, 3.05) is 44.8 Å². The maximum atomic E-state index is 13.2. The van der Waals surface area contributed by atoms with Crippen molar-refractivity contribution in [1.82, 2.24) is 4.90 Å². The first-order chi connectivity index (χ1) is 16.4. The molecule has 0 saturated carbocycles. The number of hydrogen-bond acceptors (Lipinski definition) is 6. The van der Waals surface area contributed by atoms with Gasteiger partial charge in [-0.15, -0.1) is 0 Å². The van der Waals surface area contributed by atoms with Gasteiger partial charge in [0.15, 0.2) is 6.61 Å². The molecule has 0 aliphatic carbocycles. The third-order valence-electron chi connectivity index (χ3n) is 5.75. The number of carbonyl (C=O) groups is 1. The summed E-state index contributed by atoms with van der Waals surface area (Å²) >= 11 is 0. The number of non-ortho nitro benzene ring substituents is 1. The van der Waals surface area contributed by atoms with Crippen LogP contribution in [0.4, 0.5) is 15.8 Å². The van der Waals surface area contributed by atoms with Crippen molar-refractivity contribution in [3.05, 3.63) is 82.7 Å². The molecule has 34 heavy (non-hydrogen) atoms. The van der Waals surface area contributed by atoms with Crippen molar-refractivity contribution in [3.63, 3.8) is 0 Å². The second-order valence-electron chi connectivity index (χ2n) is 7.80. The van der Waals surface area contributed by atoms with Gasteiger partial charge >= 0.3 is 0 Å². The number of methoxy groups -OCH3 is 1. The zero-order chi connectivity index (χ0) is 24.1. The zero-order valence-corrected chi connectivity index (χ0v) is 18.6. The number of benzene rings is 3. The van der Waals surface area contributed by atoms with E-state index in [1.165, 1.54) is 30.3 Å². The summed E-state index contributed by atoms with van der Waals surface area (Å²) in [5.41, 5.74) is 2.08. The topological polar surface area (TPSA) is 85.2 Å². The molecule has 9 heteroatoms. The summed E-state index contributed by atoms with van der Waals surface area (Å²) in [6.45, 7) is 2.12. The second-order valence-corrected chi connectivity index (χ2v) is 7.80. The monoisotopic (exact) mass is 465 g/mol. The molecule has 1 aliphatic rings. The first kappa shape index (κ1) is 23.0. The van der Waals surface area contributed by atoms with E-state index >= 15 is 0 Å². The highest BCUT2D eigenvalue weighted by Gasteiger charge is 2.22. The number of amides is 1. The van der Waals surface area contributed by atoms with Crippen LogP contribution in [-0.4, -0.2) is 55.6 Å². The van der Waals surface area contributed by atoms with E-state index in [-0.39, 0.29) is 24.0 Å². The molecule has 8 nitrogen and oxygen atoms in total. The molecule has 0 spiro atoms. The van der Waals surface area contributed by atoms with E-state index in [1.807, 2.05) is 0 Å². The van der Waals surface area contributed by atoms with Gasteiger partial charge in [0.2, 0.25) is 0 Å². The van der Waals surface area contributed by atoms with Gasteiger partial charge in [0.05, 0.1) is 12.0 Å². The molecule has 3 aromatic rings. The Morgan fingerprint density at radius 3 is 2.29 bits per heavy atom. The Kier molecular flexibility index (Phi) is 6.91. The molecule has 1 aliphatic heterocycles. The molecule has 0 aromatic heterocycles. The SMILES string of the molecule is COc1ccc(-c2cc([N+](=O)[O-])ccc2OCC(=O)N2CCN(c3ccc(F)cc3)CC2)cc1. The van der Waals surface area contributed by atoms with Crippen LogP contribution in [0.3, 0.4) is 0 Å². The molecule has 4 rings (SSSR count). The molecule has 176 valence electrons. The van der Waals surface area contributed by atoms with Gasteiger partial charge in [-0.1, -0.05) is 12.1 Å². The number of anilines is 1. The highest BCUT2D eigenvalue weighted by molar-refractivity contribution is 5.79. The van der Waals surface area contributed by atoms with Crippen molar-refractivity contribution in [1.29, 1.82) is 0 Å². The molecule has 0 unspecified atom stereocenters. The first-order valence-electron chi connectivity index (χ1n) is 10.8. The quantitative estimate of drug-likeness (QED) is 0.385. The Hall–Kier alpha value is -4.14. The van der Waals surface area contributed by atoms with Gasteiger partial charge in [-0.2, -0.15) is 0 Å². The fourth-order valence-corrected chi connectivity index (χ4v) is 3.85. The Morgan fingerprint density at radius 2 is 1.68 bits per heavy atom. The predicted molar refractivity (Wildman–Crippen MR) is 126 cm³/mol. The lowest BCUT2D eigenvalue weighted by atomic mass is 10.0. The fraction of sp³-hybridized carbons (Fsp3) is 0.240. The minimum atomic E-state index is -0.470. The Bertz CT molecular complexity index is 1160. The average Bonchev–Trinajstić information content (AvgIpc) is 2.87. The molecule has 0 N–H and O–H groups in total. The summed E-state index contributed by atoms with van der Waals surface area (Å²) < 4.78 is 24.2. The number of piperazine rings is 1. The van der Waals surface area contributed by atoms with Crippen LogP contribution >= 0.6 is 0 Å². The van der Waals surface area contributed by atoms with Gasteiger partial charge in [0.1, 0.15) is 17.3 Å². The minimum absolute atomic E-state index is 0.0681. The Labute approximate surface area is 196 Å². The van der Waals surface area contributed by atoms with E-state index in [0.29, 0.717) is 48.8 Å². The summed E-state index contributed by atoms with van der Waals surface area (Å²) in [7, 11) is 1.56. The standard InChI is InChI=1S/C25H24FN3O5/c1-33-22-9-2-18(3-10-22)23-16-21(29(31)32)8-11-24(23)34-17-25(30)28-14-12-27(13-15-28)20-6-4-19(26)5-7-20/h2-11,16H,12-15,17H2,1H3. The third kappa shape index (κ3) is 5.25. The summed E-state index contributed by atoms with van der Waals surface area (Å²) in [5.74, 6) is 0.591. The maximum Gasteiger partial charge on any atom is 0.270 e. The van der Waals surface area contributed by atoms with Crippen molar-refractivity contribution in [2.45, 2.75) is 0 Å². The van der Waals surface area contributed by atoms with Crippen LogP contribution in [0.5, 0.6) is 11.5 Å². The lowest BCUT2D eigenvalue weighted by Gasteiger charge is -2.36. The van der Waals surface area contributed by atoms with Crippen LogP contribution in [-0.2, 0) is 4.79 Å². The number of nitro benzene ring substituents is 1.